The van der Waals surface area contributed by atoms with Crippen molar-refractivity contribution in [2.75, 3.05) is 39.3 Å². The van der Waals surface area contributed by atoms with Crippen LogP contribution >= 0.6 is 0 Å². The third-order valence-corrected chi connectivity index (χ3v) is 5.44. The molecule has 0 saturated carbocycles. The van der Waals surface area contributed by atoms with Crippen molar-refractivity contribution >= 4 is 0 Å². The minimum absolute atomic E-state index is 0.288. The monoisotopic (exact) mass is 324 g/mol. The fourth-order valence-corrected chi connectivity index (χ4v) is 4.00. The van der Waals surface area contributed by atoms with Crippen molar-refractivity contribution in [1.82, 2.24) is 20.2 Å². The van der Waals surface area contributed by atoms with Crippen LogP contribution in [0.1, 0.15) is 51.4 Å². The SMILES string of the molecule is CCC[C@@H](c1nnnn1C[C@@H]1CCCO1)[NH+]1CC[NH+](CC)CC1. The van der Waals surface area contributed by atoms with Gasteiger partial charge in [-0.1, -0.05) is 13.3 Å². The van der Waals surface area contributed by atoms with Gasteiger partial charge in [-0.3, -0.25) is 0 Å². The molecule has 0 radical (unpaired) electrons. The van der Waals surface area contributed by atoms with Gasteiger partial charge in [-0.15, -0.1) is 5.10 Å². The molecule has 0 unspecified atom stereocenters. The van der Waals surface area contributed by atoms with Gasteiger partial charge in [0.15, 0.2) is 0 Å². The fraction of sp³-hybridized carbons (Fsp3) is 0.938. The highest BCUT2D eigenvalue weighted by atomic mass is 16.5. The minimum atomic E-state index is 0.288. The molecule has 1 aromatic rings. The van der Waals surface area contributed by atoms with E-state index in [0.717, 1.165) is 38.2 Å². The molecule has 7 nitrogen and oxygen atoms in total. The third kappa shape index (κ3) is 4.08. The molecular formula is C16H32N6O+2. The van der Waals surface area contributed by atoms with Gasteiger partial charge >= 0.3 is 0 Å². The number of rotatable bonds is 7. The number of tetrazole rings is 1. The molecule has 0 aromatic carbocycles. The van der Waals surface area contributed by atoms with E-state index in [4.69, 9.17) is 4.74 Å². The van der Waals surface area contributed by atoms with E-state index in [1.807, 2.05) is 4.68 Å². The topological polar surface area (TPSA) is 61.7 Å². The van der Waals surface area contributed by atoms with Crippen LogP contribution in [-0.4, -0.2) is 65.6 Å². The average Bonchev–Trinajstić information content (AvgIpc) is 3.25. The second kappa shape index (κ2) is 8.17. The van der Waals surface area contributed by atoms with E-state index in [-0.39, 0.29) is 6.10 Å². The van der Waals surface area contributed by atoms with E-state index in [9.17, 15) is 0 Å². The summed E-state index contributed by atoms with van der Waals surface area (Å²) in [6.45, 7) is 12.4. The second-order valence-electron chi connectivity index (χ2n) is 6.96. The Morgan fingerprint density at radius 1 is 1.26 bits per heavy atom. The minimum Gasteiger partial charge on any atom is -0.376 e. The first kappa shape index (κ1) is 16.8. The molecule has 0 amide bonds. The molecule has 2 aliphatic heterocycles. The van der Waals surface area contributed by atoms with Gasteiger partial charge in [0, 0.05) is 13.0 Å². The van der Waals surface area contributed by atoms with Crippen LogP contribution in [0.2, 0.25) is 0 Å². The van der Waals surface area contributed by atoms with Crippen LogP contribution < -0.4 is 9.80 Å². The van der Waals surface area contributed by atoms with Gasteiger partial charge < -0.3 is 14.5 Å². The normalized spacial score (nSPS) is 29.7. The van der Waals surface area contributed by atoms with Gasteiger partial charge in [0.05, 0.1) is 19.2 Å². The Balaban J connectivity index is 1.69. The van der Waals surface area contributed by atoms with E-state index in [1.165, 1.54) is 39.1 Å². The summed E-state index contributed by atoms with van der Waals surface area (Å²) in [5, 5.41) is 12.7. The van der Waals surface area contributed by atoms with Crippen molar-refractivity contribution in [3.05, 3.63) is 5.82 Å². The number of piperazine rings is 1. The first-order valence-corrected chi connectivity index (χ1v) is 9.37. The highest BCUT2D eigenvalue weighted by Gasteiger charge is 2.33. The van der Waals surface area contributed by atoms with Crippen LogP contribution in [-0.2, 0) is 11.3 Å². The number of aromatic nitrogens is 4. The summed E-state index contributed by atoms with van der Waals surface area (Å²) in [7, 11) is 0. The predicted octanol–water partition coefficient (Wildman–Crippen LogP) is -1.50. The Labute approximate surface area is 139 Å². The molecule has 130 valence electrons. The van der Waals surface area contributed by atoms with Crippen LogP contribution in [0.15, 0.2) is 0 Å². The maximum Gasteiger partial charge on any atom is 0.209 e. The van der Waals surface area contributed by atoms with E-state index >= 15 is 0 Å². The third-order valence-electron chi connectivity index (χ3n) is 5.44. The van der Waals surface area contributed by atoms with Crippen molar-refractivity contribution < 1.29 is 14.5 Å². The van der Waals surface area contributed by atoms with E-state index in [2.05, 4.69) is 29.4 Å². The van der Waals surface area contributed by atoms with Gasteiger partial charge in [-0.05, 0) is 30.2 Å². The fourth-order valence-electron chi connectivity index (χ4n) is 4.00. The standard InChI is InChI=1S/C16H30N6O/c1-3-6-15(21-10-8-20(4-2)9-11-21)16-17-18-19-22(16)13-14-7-5-12-23-14/h14-15H,3-13H2,1-2H3/p+2/t14-,15-/m0/s1. The zero-order chi connectivity index (χ0) is 16.1. The van der Waals surface area contributed by atoms with E-state index in [0.29, 0.717) is 6.04 Å². The number of nitrogens with one attached hydrogen (secondary N) is 2. The van der Waals surface area contributed by atoms with Crippen LogP contribution in [0, 0.1) is 0 Å². The van der Waals surface area contributed by atoms with Crippen LogP contribution in [0.25, 0.3) is 0 Å². The number of likely N-dealkylation sites (N-methyl/N-ethyl adjacent to an activating group) is 1. The second-order valence-corrected chi connectivity index (χ2v) is 6.96. The number of quaternary nitrogens is 2. The Morgan fingerprint density at radius 3 is 2.74 bits per heavy atom. The Kier molecular flexibility index (Phi) is 5.96. The molecular weight excluding hydrogens is 292 g/mol. The largest absolute Gasteiger partial charge is 0.376 e. The van der Waals surface area contributed by atoms with Crippen molar-refractivity contribution in [3.63, 3.8) is 0 Å². The van der Waals surface area contributed by atoms with Crippen molar-refractivity contribution in [3.8, 4) is 0 Å². The maximum absolute atomic E-state index is 5.77. The van der Waals surface area contributed by atoms with Crippen LogP contribution in [0.5, 0.6) is 0 Å². The Hall–Kier alpha value is -1.05. The Morgan fingerprint density at radius 2 is 2.09 bits per heavy atom. The van der Waals surface area contributed by atoms with Crippen molar-refractivity contribution in [2.24, 2.45) is 0 Å². The van der Waals surface area contributed by atoms with Gasteiger partial charge in [0.2, 0.25) is 5.82 Å². The summed E-state index contributed by atoms with van der Waals surface area (Å²) in [4.78, 5) is 3.38. The first-order chi connectivity index (χ1) is 11.3. The molecule has 2 N–H and O–H groups in total. The summed E-state index contributed by atoms with van der Waals surface area (Å²) in [5.74, 6) is 1.07. The summed E-state index contributed by atoms with van der Waals surface area (Å²) >= 11 is 0. The quantitative estimate of drug-likeness (QED) is 0.641. The van der Waals surface area contributed by atoms with Crippen LogP contribution in [0.3, 0.4) is 0 Å². The van der Waals surface area contributed by atoms with E-state index in [1.54, 1.807) is 9.80 Å². The zero-order valence-electron chi connectivity index (χ0n) is 14.6. The van der Waals surface area contributed by atoms with Crippen molar-refractivity contribution in [1.29, 1.82) is 0 Å². The van der Waals surface area contributed by atoms with Gasteiger partial charge in [0.25, 0.3) is 0 Å². The Bertz CT molecular complexity index is 465. The molecule has 23 heavy (non-hydrogen) atoms. The lowest BCUT2D eigenvalue weighted by molar-refractivity contribution is -1.03. The smallest absolute Gasteiger partial charge is 0.209 e. The van der Waals surface area contributed by atoms with Gasteiger partial charge in [-0.25, -0.2) is 4.68 Å². The van der Waals surface area contributed by atoms with Gasteiger partial charge in [-0.2, -0.15) is 0 Å². The lowest BCUT2D eigenvalue weighted by Crippen LogP contribution is -3.28. The average molecular weight is 324 g/mol. The number of hydrogen-bond donors (Lipinski definition) is 2. The molecule has 2 aliphatic rings. The summed E-state index contributed by atoms with van der Waals surface area (Å²) in [5.41, 5.74) is 0. The molecule has 1 aromatic heterocycles. The van der Waals surface area contributed by atoms with Crippen molar-refractivity contribution in [2.45, 2.75) is 58.2 Å². The highest BCUT2D eigenvalue weighted by Crippen LogP contribution is 2.17. The first-order valence-electron chi connectivity index (χ1n) is 9.37. The lowest BCUT2D eigenvalue weighted by atomic mass is 10.1. The molecule has 0 bridgehead atoms. The molecule has 0 spiro atoms. The number of ether oxygens (including phenoxy) is 1. The lowest BCUT2D eigenvalue weighted by Gasteiger charge is -2.33. The molecule has 2 fully saturated rings. The molecule has 2 saturated heterocycles. The summed E-state index contributed by atoms with van der Waals surface area (Å²) in [6.07, 6.45) is 4.90. The number of hydrogen-bond acceptors (Lipinski definition) is 4. The highest BCUT2D eigenvalue weighted by molar-refractivity contribution is 4.88. The van der Waals surface area contributed by atoms with E-state index < -0.39 is 0 Å². The molecule has 7 heteroatoms. The number of nitrogens with zero attached hydrogens (tertiary/aromatic N) is 4. The van der Waals surface area contributed by atoms with Crippen LogP contribution in [0.4, 0.5) is 0 Å². The maximum atomic E-state index is 5.77. The van der Waals surface area contributed by atoms with Gasteiger partial charge in [0.1, 0.15) is 32.2 Å². The predicted molar refractivity (Wildman–Crippen MR) is 86.4 cm³/mol. The summed E-state index contributed by atoms with van der Waals surface area (Å²) < 4.78 is 7.78. The zero-order valence-corrected chi connectivity index (χ0v) is 14.6. The summed E-state index contributed by atoms with van der Waals surface area (Å²) in [6, 6.07) is 0.426. The molecule has 0 aliphatic carbocycles. The molecule has 2 atom stereocenters. The molecule has 3 rings (SSSR count). The molecule has 3 heterocycles.